The molecule has 0 aromatic rings. The number of unbranched alkanes of at least 4 members (excludes halogenated alkanes) is 17. The predicted octanol–water partition coefficient (Wildman–Crippen LogP) is 4.95. The van der Waals surface area contributed by atoms with E-state index >= 15 is 0 Å². The Morgan fingerprint density at radius 1 is 0.458 bits per heavy atom. The van der Waals surface area contributed by atoms with Crippen LogP contribution >= 0.6 is 0 Å². The molecule has 4 nitrogen and oxygen atoms in total. The molecule has 0 aromatic carbocycles. The molecule has 5 N–H and O–H groups in total. The minimum absolute atomic E-state index is 0.840. The maximum Gasteiger partial charge on any atom is 0.0301 e. The average molecular weight is 342 g/mol. The molecule has 0 fully saturated rings. The van der Waals surface area contributed by atoms with Gasteiger partial charge in [-0.1, -0.05) is 103 Å². The van der Waals surface area contributed by atoms with Crippen molar-refractivity contribution in [2.45, 2.75) is 116 Å². The first kappa shape index (κ1) is 23.8. The van der Waals surface area contributed by atoms with E-state index in [0.717, 1.165) is 13.1 Å². The Hall–Kier alpha value is -0.160. The van der Waals surface area contributed by atoms with Gasteiger partial charge in [0.2, 0.25) is 0 Å². The molecule has 145 valence electrons. The first-order chi connectivity index (χ1) is 11.9. The lowest BCUT2D eigenvalue weighted by atomic mass is 10.0. The van der Waals surface area contributed by atoms with Crippen LogP contribution in [-0.2, 0) is 0 Å². The molecular formula is C20H45N4. The lowest BCUT2D eigenvalue weighted by Gasteiger charge is -2.04. The summed E-state index contributed by atoms with van der Waals surface area (Å²) < 4.78 is 0. The molecule has 0 rings (SSSR count). The second-order valence-electron chi connectivity index (χ2n) is 7.22. The fourth-order valence-corrected chi connectivity index (χ4v) is 3.26. The van der Waals surface area contributed by atoms with Crippen LogP contribution < -0.4 is 22.5 Å². The minimum atomic E-state index is 0.840. The number of hydrazine groups is 1. The first-order valence-electron chi connectivity index (χ1n) is 10.7. The third-order valence-corrected chi connectivity index (χ3v) is 4.86. The summed E-state index contributed by atoms with van der Waals surface area (Å²) in [5.41, 5.74) is 6.37. The van der Waals surface area contributed by atoms with Crippen LogP contribution in [0.3, 0.4) is 0 Å². The van der Waals surface area contributed by atoms with E-state index in [9.17, 15) is 0 Å². The zero-order valence-electron chi connectivity index (χ0n) is 16.2. The highest BCUT2D eigenvalue weighted by molar-refractivity contribution is 4.51. The summed E-state index contributed by atoms with van der Waals surface area (Å²) in [5.74, 6) is 10.4. The summed E-state index contributed by atoms with van der Waals surface area (Å²) in [5, 5.41) is 0. The predicted molar refractivity (Wildman–Crippen MR) is 106 cm³/mol. The van der Waals surface area contributed by atoms with Crippen molar-refractivity contribution < 1.29 is 0 Å². The van der Waals surface area contributed by atoms with E-state index in [2.05, 4.69) is 10.9 Å². The van der Waals surface area contributed by atoms with Crippen molar-refractivity contribution in [2.24, 2.45) is 11.7 Å². The Morgan fingerprint density at radius 3 is 1.04 bits per heavy atom. The minimum Gasteiger partial charge on any atom is -0.271 e. The van der Waals surface area contributed by atoms with E-state index in [0.29, 0.717) is 0 Å². The van der Waals surface area contributed by atoms with Crippen molar-refractivity contribution in [3.63, 3.8) is 0 Å². The lowest BCUT2D eigenvalue weighted by Crippen LogP contribution is -2.22. The van der Waals surface area contributed by atoms with Gasteiger partial charge in [0.15, 0.2) is 0 Å². The van der Waals surface area contributed by atoms with E-state index in [1.54, 1.807) is 0 Å². The Morgan fingerprint density at radius 2 is 0.750 bits per heavy atom. The Labute approximate surface area is 151 Å². The van der Waals surface area contributed by atoms with Crippen LogP contribution in [0.15, 0.2) is 0 Å². The fraction of sp³-hybridized carbons (Fsp3) is 1.00. The monoisotopic (exact) mass is 341 g/mol. The summed E-state index contributed by atoms with van der Waals surface area (Å²) in [6.45, 7) is 1.80. The standard InChI is InChI=1S/C20H45N4/c21-23-19-17-15-13-11-9-7-5-3-1-2-4-6-8-10-12-14-16-18-20-24-22/h23H,1-22H2. The molecule has 0 aliphatic carbocycles. The van der Waals surface area contributed by atoms with E-state index in [4.69, 9.17) is 11.7 Å². The Bertz CT molecular complexity index is 190. The number of rotatable bonds is 21. The SMILES string of the molecule is N[N]CCCCCCCCCCCCCCCCCCCCNN. The molecule has 0 unspecified atom stereocenters. The zero-order valence-corrected chi connectivity index (χ0v) is 16.2. The maximum absolute atomic E-state index is 5.25. The fourth-order valence-electron chi connectivity index (χ4n) is 3.26. The summed E-state index contributed by atoms with van der Waals surface area (Å²) in [6, 6.07) is 0. The largest absolute Gasteiger partial charge is 0.271 e. The topological polar surface area (TPSA) is 78.2 Å². The summed E-state index contributed by atoms with van der Waals surface area (Å²) in [7, 11) is 0. The van der Waals surface area contributed by atoms with Gasteiger partial charge >= 0.3 is 0 Å². The summed E-state index contributed by atoms with van der Waals surface area (Å²) >= 11 is 0. The molecule has 0 spiro atoms. The lowest BCUT2D eigenvalue weighted by molar-refractivity contribution is 0.519. The van der Waals surface area contributed by atoms with Gasteiger partial charge in [0.1, 0.15) is 0 Å². The quantitative estimate of drug-likeness (QED) is 0.157. The molecule has 0 bridgehead atoms. The van der Waals surface area contributed by atoms with Crippen molar-refractivity contribution in [3.8, 4) is 0 Å². The second kappa shape index (κ2) is 22.8. The van der Waals surface area contributed by atoms with E-state index < -0.39 is 0 Å². The van der Waals surface area contributed by atoms with Crippen LogP contribution in [0.4, 0.5) is 0 Å². The van der Waals surface area contributed by atoms with Gasteiger partial charge in [-0.25, -0.2) is 0 Å². The number of nitrogens with two attached hydrogens (primary N) is 2. The highest BCUT2D eigenvalue weighted by Gasteiger charge is 1.95. The molecule has 0 saturated carbocycles. The van der Waals surface area contributed by atoms with Crippen LogP contribution in [0.25, 0.3) is 0 Å². The van der Waals surface area contributed by atoms with Crippen LogP contribution in [0.1, 0.15) is 116 Å². The van der Waals surface area contributed by atoms with Gasteiger partial charge in [0, 0.05) is 13.1 Å². The Kier molecular flexibility index (Phi) is 22.7. The molecule has 0 aliphatic heterocycles. The van der Waals surface area contributed by atoms with Gasteiger partial charge in [0.25, 0.3) is 0 Å². The van der Waals surface area contributed by atoms with Crippen molar-refractivity contribution in [1.82, 2.24) is 10.9 Å². The average Bonchev–Trinajstić information content (AvgIpc) is 2.60. The second-order valence-corrected chi connectivity index (χ2v) is 7.22. The smallest absolute Gasteiger partial charge is 0.0301 e. The van der Waals surface area contributed by atoms with Gasteiger partial charge in [-0.2, -0.15) is 5.43 Å². The van der Waals surface area contributed by atoms with Gasteiger partial charge in [0.05, 0.1) is 0 Å². The van der Waals surface area contributed by atoms with Crippen molar-refractivity contribution in [3.05, 3.63) is 0 Å². The molecule has 0 aromatic heterocycles. The van der Waals surface area contributed by atoms with Gasteiger partial charge in [-0.05, 0) is 12.8 Å². The first-order valence-corrected chi connectivity index (χ1v) is 10.7. The van der Waals surface area contributed by atoms with E-state index in [1.807, 2.05) is 0 Å². The van der Waals surface area contributed by atoms with Crippen LogP contribution in [0.5, 0.6) is 0 Å². The molecule has 24 heavy (non-hydrogen) atoms. The van der Waals surface area contributed by atoms with Gasteiger partial charge in [-0.15, -0.1) is 0 Å². The summed E-state index contributed by atoms with van der Waals surface area (Å²) in [4.78, 5) is 0. The Balaban J connectivity index is 2.93. The number of hydrogen-bond acceptors (Lipinski definition) is 3. The number of hydrogen-bond donors (Lipinski definition) is 3. The third kappa shape index (κ3) is 21.8. The molecule has 0 saturated heterocycles. The van der Waals surface area contributed by atoms with Crippen molar-refractivity contribution >= 4 is 0 Å². The molecule has 0 heterocycles. The van der Waals surface area contributed by atoms with E-state index in [-0.39, 0.29) is 0 Å². The highest BCUT2D eigenvalue weighted by Crippen LogP contribution is 2.14. The number of nitrogens with one attached hydrogen (secondary N) is 1. The maximum atomic E-state index is 5.25. The summed E-state index contributed by atoms with van der Waals surface area (Å²) in [6.07, 6.45) is 24.9. The van der Waals surface area contributed by atoms with E-state index in [1.165, 1.54) is 116 Å². The molecule has 1 radical (unpaired) electrons. The number of nitrogens with zero attached hydrogens (tertiary/aromatic N) is 1. The molecular weight excluding hydrogens is 296 g/mol. The molecule has 0 aliphatic rings. The van der Waals surface area contributed by atoms with Crippen LogP contribution in [0, 0.1) is 0 Å². The zero-order chi connectivity index (χ0) is 17.6. The molecule has 0 amide bonds. The highest BCUT2D eigenvalue weighted by atomic mass is 15.2. The van der Waals surface area contributed by atoms with Crippen LogP contribution in [-0.4, -0.2) is 13.1 Å². The van der Waals surface area contributed by atoms with Crippen molar-refractivity contribution in [2.75, 3.05) is 13.1 Å². The normalized spacial score (nSPS) is 11.2. The molecule has 4 heteroatoms. The third-order valence-electron chi connectivity index (χ3n) is 4.86. The van der Waals surface area contributed by atoms with Crippen LogP contribution in [0.2, 0.25) is 0 Å². The van der Waals surface area contributed by atoms with Gasteiger partial charge in [-0.3, -0.25) is 17.1 Å². The van der Waals surface area contributed by atoms with Crippen molar-refractivity contribution in [1.29, 1.82) is 0 Å². The molecule has 0 atom stereocenters. The van der Waals surface area contributed by atoms with Gasteiger partial charge < -0.3 is 0 Å².